The quantitative estimate of drug-likeness (QED) is 0.734. The van der Waals surface area contributed by atoms with Gasteiger partial charge < -0.3 is 15.0 Å². The van der Waals surface area contributed by atoms with Crippen molar-refractivity contribution >= 4 is 0 Å². The van der Waals surface area contributed by atoms with Gasteiger partial charge >= 0.3 is 0 Å². The molecule has 114 valence electrons. The molecular formula is C16H34N2O. The summed E-state index contributed by atoms with van der Waals surface area (Å²) in [6, 6.07) is 0. The van der Waals surface area contributed by atoms with E-state index in [0.29, 0.717) is 11.5 Å². The van der Waals surface area contributed by atoms with Gasteiger partial charge in [-0.25, -0.2) is 0 Å². The van der Waals surface area contributed by atoms with E-state index in [1.54, 1.807) is 0 Å². The summed E-state index contributed by atoms with van der Waals surface area (Å²) >= 11 is 0. The van der Waals surface area contributed by atoms with Gasteiger partial charge in [0, 0.05) is 26.7 Å². The molecule has 0 bridgehead atoms. The number of likely N-dealkylation sites (tertiary alicyclic amines) is 1. The molecular weight excluding hydrogens is 236 g/mol. The molecule has 2 atom stereocenters. The average Bonchev–Trinajstić information content (AvgIpc) is 2.38. The van der Waals surface area contributed by atoms with E-state index in [-0.39, 0.29) is 0 Å². The third kappa shape index (κ3) is 6.24. The van der Waals surface area contributed by atoms with Gasteiger partial charge in [0.05, 0.1) is 6.10 Å². The third-order valence-corrected chi connectivity index (χ3v) is 4.36. The molecule has 0 radical (unpaired) electrons. The SMILES string of the molecule is CCC(C)(CNCC(C)C)CN1CCCC(OC)C1. The Morgan fingerprint density at radius 1 is 1.42 bits per heavy atom. The maximum absolute atomic E-state index is 5.52. The zero-order valence-corrected chi connectivity index (χ0v) is 13.7. The number of nitrogens with one attached hydrogen (secondary N) is 1. The summed E-state index contributed by atoms with van der Waals surface area (Å²) in [5, 5.41) is 3.63. The fraction of sp³-hybridized carbons (Fsp3) is 1.00. The monoisotopic (exact) mass is 270 g/mol. The molecule has 0 aromatic rings. The first-order valence-corrected chi connectivity index (χ1v) is 7.95. The highest BCUT2D eigenvalue weighted by atomic mass is 16.5. The Morgan fingerprint density at radius 3 is 2.74 bits per heavy atom. The van der Waals surface area contributed by atoms with Crippen LogP contribution in [0.4, 0.5) is 0 Å². The molecule has 0 spiro atoms. The lowest BCUT2D eigenvalue weighted by Gasteiger charge is -2.39. The molecule has 3 heteroatoms. The number of hydrogen-bond acceptors (Lipinski definition) is 3. The van der Waals surface area contributed by atoms with Gasteiger partial charge in [-0.2, -0.15) is 0 Å². The molecule has 3 nitrogen and oxygen atoms in total. The van der Waals surface area contributed by atoms with Crippen LogP contribution in [-0.4, -0.2) is 50.8 Å². The Labute approximate surface area is 120 Å². The first-order chi connectivity index (χ1) is 8.99. The fourth-order valence-corrected chi connectivity index (χ4v) is 2.84. The maximum Gasteiger partial charge on any atom is 0.0698 e. The van der Waals surface area contributed by atoms with Crippen molar-refractivity contribution < 1.29 is 4.74 Å². The van der Waals surface area contributed by atoms with Gasteiger partial charge in [0.15, 0.2) is 0 Å². The Balaban J connectivity index is 2.40. The summed E-state index contributed by atoms with van der Waals surface area (Å²) < 4.78 is 5.52. The maximum atomic E-state index is 5.52. The smallest absolute Gasteiger partial charge is 0.0698 e. The molecule has 1 saturated heterocycles. The predicted molar refractivity (Wildman–Crippen MR) is 82.6 cm³/mol. The number of ether oxygens (including phenoxy) is 1. The summed E-state index contributed by atoms with van der Waals surface area (Å²) in [6.45, 7) is 15.0. The number of nitrogens with zero attached hydrogens (tertiary/aromatic N) is 1. The highest BCUT2D eigenvalue weighted by molar-refractivity contribution is 4.83. The van der Waals surface area contributed by atoms with Crippen molar-refractivity contribution in [3.63, 3.8) is 0 Å². The van der Waals surface area contributed by atoms with Gasteiger partial charge in [-0.1, -0.05) is 27.7 Å². The van der Waals surface area contributed by atoms with E-state index in [0.717, 1.165) is 25.6 Å². The molecule has 1 N–H and O–H groups in total. The van der Waals surface area contributed by atoms with Crippen LogP contribution in [-0.2, 0) is 4.74 Å². The molecule has 0 aromatic carbocycles. The van der Waals surface area contributed by atoms with Crippen molar-refractivity contribution in [3.8, 4) is 0 Å². The standard InChI is InChI=1S/C16H34N2O/c1-6-16(4,12-17-10-14(2)3)13-18-9-7-8-15(11-18)19-5/h14-15,17H,6-13H2,1-5H3. The lowest BCUT2D eigenvalue weighted by Crippen LogP contribution is -2.47. The zero-order chi connectivity index (χ0) is 14.3. The van der Waals surface area contributed by atoms with Crippen LogP contribution in [0.25, 0.3) is 0 Å². The van der Waals surface area contributed by atoms with E-state index in [2.05, 4.69) is 37.9 Å². The zero-order valence-electron chi connectivity index (χ0n) is 13.7. The van der Waals surface area contributed by atoms with E-state index in [9.17, 15) is 0 Å². The second-order valence-corrected chi connectivity index (χ2v) is 6.92. The number of methoxy groups -OCH3 is 1. The first-order valence-electron chi connectivity index (χ1n) is 7.95. The van der Waals surface area contributed by atoms with Crippen LogP contribution in [0.1, 0.15) is 47.0 Å². The van der Waals surface area contributed by atoms with Crippen LogP contribution in [0.2, 0.25) is 0 Å². The van der Waals surface area contributed by atoms with Crippen molar-refractivity contribution in [3.05, 3.63) is 0 Å². The minimum absolute atomic E-state index is 0.379. The number of hydrogen-bond donors (Lipinski definition) is 1. The average molecular weight is 270 g/mol. The summed E-state index contributed by atoms with van der Waals surface area (Å²) in [5.41, 5.74) is 0.379. The molecule has 0 amide bonds. The van der Waals surface area contributed by atoms with E-state index < -0.39 is 0 Å². The van der Waals surface area contributed by atoms with Gasteiger partial charge in [-0.3, -0.25) is 0 Å². The van der Waals surface area contributed by atoms with Gasteiger partial charge in [0.2, 0.25) is 0 Å². The summed E-state index contributed by atoms with van der Waals surface area (Å²) in [5.74, 6) is 0.731. The van der Waals surface area contributed by atoms with E-state index in [4.69, 9.17) is 4.74 Å². The van der Waals surface area contributed by atoms with E-state index in [1.165, 1.54) is 32.4 Å². The molecule has 1 fully saturated rings. The Kier molecular flexibility index (Phi) is 7.33. The second-order valence-electron chi connectivity index (χ2n) is 6.92. The highest BCUT2D eigenvalue weighted by Gasteiger charge is 2.28. The van der Waals surface area contributed by atoms with Crippen molar-refractivity contribution in [1.82, 2.24) is 10.2 Å². The topological polar surface area (TPSA) is 24.5 Å². The van der Waals surface area contributed by atoms with Gasteiger partial charge in [0.1, 0.15) is 0 Å². The summed E-state index contributed by atoms with van der Waals surface area (Å²) in [7, 11) is 1.84. The first kappa shape index (κ1) is 16.9. The summed E-state index contributed by atoms with van der Waals surface area (Å²) in [4.78, 5) is 2.60. The molecule has 0 saturated carbocycles. The predicted octanol–water partition coefficient (Wildman–Crippen LogP) is 2.76. The van der Waals surface area contributed by atoms with Crippen molar-refractivity contribution in [2.75, 3.05) is 39.8 Å². The Hall–Kier alpha value is -0.120. The molecule has 0 aromatic heterocycles. The van der Waals surface area contributed by atoms with Gasteiger partial charge in [-0.05, 0) is 43.7 Å². The summed E-state index contributed by atoms with van der Waals surface area (Å²) in [6.07, 6.45) is 4.17. The molecule has 1 aliphatic rings. The minimum atomic E-state index is 0.379. The Morgan fingerprint density at radius 2 is 2.16 bits per heavy atom. The Bertz CT molecular complexity index is 245. The van der Waals surface area contributed by atoms with E-state index in [1.807, 2.05) is 7.11 Å². The van der Waals surface area contributed by atoms with Crippen molar-refractivity contribution in [2.45, 2.75) is 53.1 Å². The number of rotatable bonds is 8. The molecule has 1 heterocycles. The largest absolute Gasteiger partial charge is 0.380 e. The van der Waals surface area contributed by atoms with Gasteiger partial charge in [-0.15, -0.1) is 0 Å². The third-order valence-electron chi connectivity index (χ3n) is 4.36. The molecule has 19 heavy (non-hydrogen) atoms. The van der Waals surface area contributed by atoms with Crippen LogP contribution >= 0.6 is 0 Å². The molecule has 0 aliphatic carbocycles. The molecule has 2 unspecified atom stereocenters. The normalized spacial score (nSPS) is 24.6. The van der Waals surface area contributed by atoms with Gasteiger partial charge in [0.25, 0.3) is 0 Å². The lowest BCUT2D eigenvalue weighted by atomic mass is 9.86. The molecule has 1 rings (SSSR count). The van der Waals surface area contributed by atoms with Crippen LogP contribution in [0, 0.1) is 11.3 Å². The lowest BCUT2D eigenvalue weighted by molar-refractivity contribution is 0.0156. The van der Waals surface area contributed by atoms with Crippen LogP contribution in [0.3, 0.4) is 0 Å². The molecule has 1 aliphatic heterocycles. The van der Waals surface area contributed by atoms with E-state index >= 15 is 0 Å². The number of piperidine rings is 1. The van der Waals surface area contributed by atoms with Crippen molar-refractivity contribution in [1.29, 1.82) is 0 Å². The highest BCUT2D eigenvalue weighted by Crippen LogP contribution is 2.24. The van der Waals surface area contributed by atoms with Crippen LogP contribution in [0.15, 0.2) is 0 Å². The van der Waals surface area contributed by atoms with Crippen LogP contribution < -0.4 is 5.32 Å². The van der Waals surface area contributed by atoms with Crippen molar-refractivity contribution in [2.24, 2.45) is 11.3 Å². The van der Waals surface area contributed by atoms with Crippen LogP contribution in [0.5, 0.6) is 0 Å². The fourth-order valence-electron chi connectivity index (χ4n) is 2.84. The minimum Gasteiger partial charge on any atom is -0.380 e. The second kappa shape index (κ2) is 8.23.